The third kappa shape index (κ3) is 4.28. The van der Waals surface area contributed by atoms with Gasteiger partial charge >= 0.3 is 0 Å². The van der Waals surface area contributed by atoms with Crippen LogP contribution in [-0.4, -0.2) is 9.29 Å². The van der Waals surface area contributed by atoms with Gasteiger partial charge in [0.05, 0.1) is 0 Å². The van der Waals surface area contributed by atoms with Gasteiger partial charge in [0.2, 0.25) is 0 Å². The van der Waals surface area contributed by atoms with Crippen LogP contribution in [0.4, 0.5) is 0 Å². The Hall–Kier alpha value is -2.14. The van der Waals surface area contributed by atoms with E-state index in [4.69, 9.17) is 0 Å². The summed E-state index contributed by atoms with van der Waals surface area (Å²) in [5, 5.41) is 3.49. The van der Waals surface area contributed by atoms with E-state index in [0.717, 1.165) is 26.2 Å². The zero-order valence-electron chi connectivity index (χ0n) is 14.1. The standard InChI is InChI=1S/C21H21N3S/c1-2-8-20-16-24(15-19(20)7-1)25-21-9-3-5-17(11-21)12-23-14-18-6-4-10-22-13-18/h1-11,13,23H,12,14-16H2. The Kier molecular flexibility index (Phi) is 5.11. The smallest absolute Gasteiger partial charge is 0.0351 e. The summed E-state index contributed by atoms with van der Waals surface area (Å²) in [5.41, 5.74) is 5.42. The largest absolute Gasteiger partial charge is 0.309 e. The number of pyridine rings is 1. The number of rotatable bonds is 6. The predicted octanol–water partition coefficient (Wildman–Crippen LogP) is 4.39. The molecule has 0 atom stereocenters. The molecular formula is C21H21N3S. The summed E-state index contributed by atoms with van der Waals surface area (Å²) in [6.45, 7) is 3.74. The lowest BCUT2D eigenvalue weighted by Gasteiger charge is -2.14. The van der Waals surface area contributed by atoms with E-state index in [1.165, 1.54) is 27.1 Å². The molecule has 4 heteroatoms. The minimum absolute atomic E-state index is 0.840. The number of benzene rings is 2. The average molecular weight is 347 g/mol. The molecule has 1 aliphatic heterocycles. The number of nitrogens with zero attached hydrogens (tertiary/aromatic N) is 2. The van der Waals surface area contributed by atoms with Gasteiger partial charge in [0.15, 0.2) is 0 Å². The summed E-state index contributed by atoms with van der Waals surface area (Å²) in [5.74, 6) is 0. The molecule has 0 radical (unpaired) electrons. The van der Waals surface area contributed by atoms with Crippen molar-refractivity contribution < 1.29 is 0 Å². The molecule has 0 bridgehead atoms. The molecular weight excluding hydrogens is 326 g/mol. The highest BCUT2D eigenvalue weighted by atomic mass is 32.2. The van der Waals surface area contributed by atoms with Crippen LogP contribution in [0.2, 0.25) is 0 Å². The highest BCUT2D eigenvalue weighted by molar-refractivity contribution is 7.97. The molecule has 2 heterocycles. The lowest BCUT2D eigenvalue weighted by Crippen LogP contribution is -2.13. The minimum Gasteiger partial charge on any atom is -0.309 e. The zero-order chi connectivity index (χ0) is 16.9. The second kappa shape index (κ2) is 7.83. The third-order valence-corrected chi connectivity index (χ3v) is 5.31. The molecule has 2 aromatic carbocycles. The molecule has 4 rings (SSSR count). The van der Waals surface area contributed by atoms with Crippen molar-refractivity contribution in [3.63, 3.8) is 0 Å². The van der Waals surface area contributed by atoms with Crippen LogP contribution in [-0.2, 0) is 26.2 Å². The summed E-state index contributed by atoms with van der Waals surface area (Å²) < 4.78 is 2.42. The number of fused-ring (bicyclic) bond motifs is 1. The first-order valence-corrected chi connectivity index (χ1v) is 9.32. The molecule has 1 aromatic heterocycles. The average Bonchev–Trinajstić information content (AvgIpc) is 3.05. The van der Waals surface area contributed by atoms with Crippen LogP contribution in [0.1, 0.15) is 22.3 Å². The zero-order valence-corrected chi connectivity index (χ0v) is 14.9. The highest BCUT2D eigenvalue weighted by Crippen LogP contribution is 2.32. The maximum Gasteiger partial charge on any atom is 0.0351 e. The first-order valence-electron chi connectivity index (χ1n) is 8.55. The van der Waals surface area contributed by atoms with Crippen LogP contribution in [0.5, 0.6) is 0 Å². The van der Waals surface area contributed by atoms with E-state index in [2.05, 4.69) is 69.2 Å². The van der Waals surface area contributed by atoms with Crippen LogP contribution in [0.3, 0.4) is 0 Å². The van der Waals surface area contributed by atoms with Crippen molar-refractivity contribution in [2.45, 2.75) is 31.1 Å². The normalized spacial score (nSPS) is 13.8. The molecule has 25 heavy (non-hydrogen) atoms. The van der Waals surface area contributed by atoms with Crippen molar-refractivity contribution in [3.05, 3.63) is 95.3 Å². The first kappa shape index (κ1) is 16.3. The molecule has 0 saturated heterocycles. The van der Waals surface area contributed by atoms with Crippen molar-refractivity contribution in [3.8, 4) is 0 Å². The molecule has 0 aliphatic carbocycles. The van der Waals surface area contributed by atoms with Crippen molar-refractivity contribution in [1.82, 2.24) is 14.6 Å². The number of hydrogen-bond donors (Lipinski definition) is 1. The number of aromatic nitrogens is 1. The van der Waals surface area contributed by atoms with Gasteiger partial charge in [-0.05, 0) is 52.4 Å². The molecule has 1 N–H and O–H groups in total. The van der Waals surface area contributed by atoms with Gasteiger partial charge in [-0.2, -0.15) is 0 Å². The first-order chi connectivity index (χ1) is 12.4. The van der Waals surface area contributed by atoms with Crippen LogP contribution in [0.15, 0.2) is 78.0 Å². The van der Waals surface area contributed by atoms with E-state index >= 15 is 0 Å². The van der Waals surface area contributed by atoms with Crippen molar-refractivity contribution in [2.24, 2.45) is 0 Å². The summed E-state index contributed by atoms with van der Waals surface area (Å²) >= 11 is 1.85. The summed E-state index contributed by atoms with van der Waals surface area (Å²) in [7, 11) is 0. The molecule has 0 spiro atoms. The van der Waals surface area contributed by atoms with Crippen LogP contribution >= 0.6 is 11.9 Å². The second-order valence-corrected chi connectivity index (χ2v) is 7.44. The summed E-state index contributed by atoms with van der Waals surface area (Å²) in [6.07, 6.45) is 3.71. The lowest BCUT2D eigenvalue weighted by atomic mass is 10.1. The van der Waals surface area contributed by atoms with Crippen molar-refractivity contribution >= 4 is 11.9 Å². The van der Waals surface area contributed by atoms with Gasteiger partial charge in [0, 0.05) is 43.5 Å². The van der Waals surface area contributed by atoms with E-state index in [1.54, 1.807) is 6.20 Å². The summed E-state index contributed by atoms with van der Waals surface area (Å²) in [4.78, 5) is 5.45. The van der Waals surface area contributed by atoms with Gasteiger partial charge in [-0.25, -0.2) is 4.31 Å². The molecule has 3 aromatic rings. The summed E-state index contributed by atoms with van der Waals surface area (Å²) in [6, 6.07) is 21.6. The minimum atomic E-state index is 0.840. The molecule has 0 fully saturated rings. The van der Waals surface area contributed by atoms with E-state index in [1.807, 2.05) is 24.2 Å². The highest BCUT2D eigenvalue weighted by Gasteiger charge is 2.19. The van der Waals surface area contributed by atoms with E-state index in [-0.39, 0.29) is 0 Å². The Morgan fingerprint density at radius 1 is 0.880 bits per heavy atom. The third-order valence-electron chi connectivity index (χ3n) is 4.33. The number of nitrogens with one attached hydrogen (secondary N) is 1. The van der Waals surface area contributed by atoms with E-state index < -0.39 is 0 Å². The Morgan fingerprint density at radius 2 is 1.64 bits per heavy atom. The van der Waals surface area contributed by atoms with Gasteiger partial charge in [0.25, 0.3) is 0 Å². The van der Waals surface area contributed by atoms with Crippen molar-refractivity contribution in [1.29, 1.82) is 0 Å². The van der Waals surface area contributed by atoms with Gasteiger partial charge < -0.3 is 5.32 Å². The number of hydrogen-bond acceptors (Lipinski definition) is 4. The fraction of sp³-hybridized carbons (Fsp3) is 0.190. The fourth-order valence-electron chi connectivity index (χ4n) is 3.08. The Labute approximate surface area is 153 Å². The van der Waals surface area contributed by atoms with Crippen molar-refractivity contribution in [2.75, 3.05) is 0 Å². The maximum absolute atomic E-state index is 4.15. The van der Waals surface area contributed by atoms with E-state index in [0.29, 0.717) is 0 Å². The molecule has 0 amide bonds. The Bertz CT molecular complexity index is 810. The molecule has 1 aliphatic rings. The van der Waals surface area contributed by atoms with Crippen LogP contribution < -0.4 is 5.32 Å². The van der Waals surface area contributed by atoms with Gasteiger partial charge in [-0.15, -0.1) is 0 Å². The molecule has 3 nitrogen and oxygen atoms in total. The Balaban J connectivity index is 1.32. The second-order valence-electron chi connectivity index (χ2n) is 6.27. The SMILES string of the molecule is c1cncc(CNCc2cccc(SN3Cc4ccccc4C3)c2)c1. The Morgan fingerprint density at radius 3 is 2.40 bits per heavy atom. The van der Waals surface area contributed by atoms with E-state index in [9.17, 15) is 0 Å². The van der Waals surface area contributed by atoms with Crippen LogP contribution in [0, 0.1) is 0 Å². The van der Waals surface area contributed by atoms with Crippen LogP contribution in [0.25, 0.3) is 0 Å². The monoisotopic (exact) mass is 347 g/mol. The lowest BCUT2D eigenvalue weighted by molar-refractivity contribution is 0.509. The predicted molar refractivity (Wildman–Crippen MR) is 103 cm³/mol. The molecule has 0 unspecified atom stereocenters. The fourth-order valence-corrected chi connectivity index (χ4v) is 4.13. The quantitative estimate of drug-likeness (QED) is 0.669. The topological polar surface area (TPSA) is 28.2 Å². The molecule has 0 saturated carbocycles. The molecule has 126 valence electrons. The van der Waals surface area contributed by atoms with Gasteiger partial charge in [-0.3, -0.25) is 4.98 Å². The van der Waals surface area contributed by atoms with Gasteiger partial charge in [0.1, 0.15) is 0 Å². The maximum atomic E-state index is 4.15. The van der Waals surface area contributed by atoms with Gasteiger partial charge in [-0.1, -0.05) is 42.5 Å².